The van der Waals surface area contributed by atoms with Crippen molar-refractivity contribution in [2.45, 2.75) is 24.9 Å². The molecular formula is C22H21FN4O6. The molecule has 0 saturated heterocycles. The van der Waals surface area contributed by atoms with Crippen molar-refractivity contribution in [2.75, 3.05) is 18.5 Å². The Hall–Kier alpha value is -3.99. The van der Waals surface area contributed by atoms with Crippen LogP contribution >= 0.6 is 0 Å². The lowest BCUT2D eigenvalue weighted by Gasteiger charge is -2.23. The van der Waals surface area contributed by atoms with Crippen molar-refractivity contribution >= 4 is 34.5 Å². The van der Waals surface area contributed by atoms with Crippen LogP contribution in [0.2, 0.25) is 0 Å². The molecule has 33 heavy (non-hydrogen) atoms. The maximum absolute atomic E-state index is 14.2. The fraction of sp³-hybridized carbons (Fsp3) is 0.273. The minimum Gasteiger partial charge on any atom is -0.484 e. The number of carboxylic acids is 1. The summed E-state index contributed by atoms with van der Waals surface area (Å²) in [5.41, 5.74) is 2.03. The summed E-state index contributed by atoms with van der Waals surface area (Å²) in [6.07, 6.45) is -1.49. The van der Waals surface area contributed by atoms with Crippen LogP contribution < -0.4 is 15.4 Å². The number of aromatic nitrogens is 2. The number of halogens is 1. The zero-order chi connectivity index (χ0) is 23.5. The maximum atomic E-state index is 14.2. The topological polar surface area (TPSA) is 154 Å². The zero-order valence-corrected chi connectivity index (χ0v) is 17.3. The first-order valence-electron chi connectivity index (χ1n) is 10.2. The number of imidazole rings is 1. The summed E-state index contributed by atoms with van der Waals surface area (Å²) < 4.78 is 19.6. The van der Waals surface area contributed by atoms with Crippen LogP contribution in [-0.2, 0) is 20.8 Å². The molecule has 0 fully saturated rings. The summed E-state index contributed by atoms with van der Waals surface area (Å²) in [6, 6.07) is 9.42. The molecule has 2 unspecified atom stereocenters. The van der Waals surface area contributed by atoms with Crippen LogP contribution in [-0.4, -0.2) is 57.2 Å². The second-order valence-electron chi connectivity index (χ2n) is 7.66. The number of aliphatic hydroxyl groups is 1. The van der Waals surface area contributed by atoms with E-state index in [2.05, 4.69) is 20.6 Å². The van der Waals surface area contributed by atoms with Gasteiger partial charge < -0.3 is 30.6 Å². The van der Waals surface area contributed by atoms with E-state index in [9.17, 15) is 23.9 Å². The number of hydrogen-bond donors (Lipinski definition) is 5. The molecule has 2 aromatic carbocycles. The predicted octanol–water partition coefficient (Wildman–Crippen LogP) is 1.31. The third kappa shape index (κ3) is 5.09. The molecular weight excluding hydrogens is 435 g/mol. The molecule has 172 valence electrons. The lowest BCUT2D eigenvalue weighted by Crippen LogP contribution is -2.36. The largest absolute Gasteiger partial charge is 0.484 e. The zero-order valence-electron chi connectivity index (χ0n) is 17.3. The van der Waals surface area contributed by atoms with Crippen LogP contribution in [0, 0.1) is 5.82 Å². The average molecular weight is 456 g/mol. The highest BCUT2D eigenvalue weighted by molar-refractivity contribution is 5.99. The van der Waals surface area contributed by atoms with Crippen molar-refractivity contribution < 1.29 is 33.7 Å². The minimum atomic E-state index is -1.19. The highest BCUT2D eigenvalue weighted by atomic mass is 19.1. The summed E-state index contributed by atoms with van der Waals surface area (Å²) in [5.74, 6) is -2.30. The van der Waals surface area contributed by atoms with Crippen LogP contribution in [0.3, 0.4) is 0 Å². The Bertz CT molecular complexity index is 1230. The summed E-state index contributed by atoms with van der Waals surface area (Å²) in [4.78, 5) is 42.4. The van der Waals surface area contributed by atoms with E-state index >= 15 is 0 Å². The Balaban J connectivity index is 1.41. The Morgan fingerprint density at radius 3 is 2.91 bits per heavy atom. The number of nitrogens with one attached hydrogen (secondary N) is 3. The lowest BCUT2D eigenvalue weighted by atomic mass is 9.92. The Labute approximate surface area is 186 Å². The molecule has 1 aromatic heterocycles. The van der Waals surface area contributed by atoms with Gasteiger partial charge in [-0.15, -0.1) is 0 Å². The molecule has 0 radical (unpaired) electrons. The molecule has 3 aromatic rings. The molecule has 1 aliphatic heterocycles. The first-order chi connectivity index (χ1) is 15.8. The number of fused-ring (bicyclic) bond motifs is 2. The van der Waals surface area contributed by atoms with Crippen LogP contribution in [0.25, 0.3) is 11.0 Å². The van der Waals surface area contributed by atoms with Gasteiger partial charge in [-0.05, 0) is 30.7 Å². The summed E-state index contributed by atoms with van der Waals surface area (Å²) in [6.45, 7) is -0.544. The Morgan fingerprint density at radius 1 is 1.30 bits per heavy atom. The molecule has 0 saturated carbocycles. The number of aliphatic hydroxyl groups excluding tert-OH is 1. The number of anilines is 1. The number of aliphatic carboxylic acids is 1. The third-order valence-electron chi connectivity index (χ3n) is 5.22. The standard InChI is InChI=1S/C22H21FN4O6/c23-15-2-1-3-16-13(15)8-14(22(32)27-16)21-25-17-5-4-12(7-18(17)26-21)33-10-19(29)24-9-11(28)6-20(30)31/h1-5,7,11,14,28H,6,8-10H2,(H,24,29)(H,25,26)(H,27,32)(H,30,31). The number of benzene rings is 2. The van der Waals surface area contributed by atoms with Gasteiger partial charge in [-0.3, -0.25) is 14.4 Å². The third-order valence-corrected chi connectivity index (χ3v) is 5.22. The van der Waals surface area contributed by atoms with Gasteiger partial charge in [-0.2, -0.15) is 0 Å². The molecule has 11 heteroatoms. The van der Waals surface area contributed by atoms with Crippen molar-refractivity contribution in [1.29, 1.82) is 0 Å². The Kier molecular flexibility index (Phi) is 6.22. The van der Waals surface area contributed by atoms with Crippen molar-refractivity contribution in [1.82, 2.24) is 15.3 Å². The Morgan fingerprint density at radius 2 is 2.12 bits per heavy atom. The molecule has 1 aliphatic rings. The van der Waals surface area contributed by atoms with Crippen molar-refractivity contribution in [2.24, 2.45) is 0 Å². The second-order valence-corrected chi connectivity index (χ2v) is 7.66. The molecule has 0 bridgehead atoms. The van der Waals surface area contributed by atoms with Gasteiger partial charge >= 0.3 is 5.97 Å². The summed E-state index contributed by atoms with van der Waals surface area (Å²) in [5, 5.41) is 23.2. The minimum absolute atomic E-state index is 0.172. The molecule has 5 N–H and O–H groups in total. The molecule has 4 rings (SSSR count). The normalized spacial score (nSPS) is 16.1. The van der Waals surface area contributed by atoms with Gasteiger partial charge in [0.05, 0.1) is 23.6 Å². The number of hydrogen-bond acceptors (Lipinski definition) is 6. The number of nitrogens with zero attached hydrogens (tertiary/aromatic N) is 1. The van der Waals surface area contributed by atoms with E-state index in [4.69, 9.17) is 9.84 Å². The number of ether oxygens (including phenoxy) is 1. The van der Waals surface area contributed by atoms with Gasteiger partial charge in [0, 0.05) is 23.9 Å². The molecule has 2 atom stereocenters. The number of carbonyl (C=O) groups excluding carboxylic acids is 2. The molecule has 0 spiro atoms. The van der Waals surface area contributed by atoms with E-state index in [0.717, 1.165) is 0 Å². The highest BCUT2D eigenvalue weighted by Crippen LogP contribution is 2.33. The average Bonchev–Trinajstić information content (AvgIpc) is 3.18. The highest BCUT2D eigenvalue weighted by Gasteiger charge is 2.31. The smallest absolute Gasteiger partial charge is 0.306 e. The molecule has 2 amide bonds. The van der Waals surface area contributed by atoms with Crippen LogP contribution in [0.4, 0.5) is 10.1 Å². The van der Waals surface area contributed by atoms with E-state index in [1.54, 1.807) is 24.3 Å². The second kappa shape index (κ2) is 9.25. The SMILES string of the molecule is O=C(O)CC(O)CNC(=O)COc1ccc2nc(C3Cc4c(F)cccc4NC3=O)[nH]c2c1. The summed E-state index contributed by atoms with van der Waals surface area (Å²) >= 11 is 0. The fourth-order valence-corrected chi connectivity index (χ4v) is 3.59. The van der Waals surface area contributed by atoms with E-state index in [0.29, 0.717) is 33.9 Å². The molecule has 2 heterocycles. The number of aromatic amines is 1. The maximum Gasteiger partial charge on any atom is 0.306 e. The first kappa shape index (κ1) is 22.2. The van der Waals surface area contributed by atoms with Gasteiger partial charge in [0.25, 0.3) is 5.91 Å². The van der Waals surface area contributed by atoms with Crippen LogP contribution in [0.15, 0.2) is 36.4 Å². The van der Waals surface area contributed by atoms with E-state index in [1.165, 1.54) is 12.1 Å². The van der Waals surface area contributed by atoms with Crippen molar-refractivity contribution in [3.8, 4) is 5.75 Å². The van der Waals surface area contributed by atoms with Gasteiger partial charge in [0.15, 0.2) is 6.61 Å². The predicted molar refractivity (Wildman–Crippen MR) is 114 cm³/mol. The molecule has 10 nitrogen and oxygen atoms in total. The number of carbonyl (C=O) groups is 3. The van der Waals surface area contributed by atoms with E-state index in [-0.39, 0.29) is 25.5 Å². The fourth-order valence-electron chi connectivity index (χ4n) is 3.59. The number of amides is 2. The van der Waals surface area contributed by atoms with E-state index in [1.807, 2.05) is 0 Å². The van der Waals surface area contributed by atoms with Crippen molar-refractivity contribution in [3.63, 3.8) is 0 Å². The monoisotopic (exact) mass is 456 g/mol. The van der Waals surface area contributed by atoms with Crippen LogP contribution in [0.5, 0.6) is 5.75 Å². The van der Waals surface area contributed by atoms with Gasteiger partial charge in [0.2, 0.25) is 5.91 Å². The van der Waals surface area contributed by atoms with Gasteiger partial charge in [0.1, 0.15) is 23.3 Å². The molecule has 0 aliphatic carbocycles. The van der Waals surface area contributed by atoms with Gasteiger partial charge in [-0.1, -0.05) is 6.07 Å². The quantitative estimate of drug-likeness (QED) is 0.342. The number of carboxylic acid groups (broad SMARTS) is 1. The lowest BCUT2D eigenvalue weighted by molar-refractivity contribution is -0.139. The van der Waals surface area contributed by atoms with Crippen LogP contribution in [0.1, 0.15) is 23.7 Å². The first-order valence-corrected chi connectivity index (χ1v) is 10.2. The number of rotatable bonds is 8. The summed E-state index contributed by atoms with van der Waals surface area (Å²) in [7, 11) is 0. The van der Waals surface area contributed by atoms with E-state index < -0.39 is 36.1 Å². The number of H-pyrrole nitrogens is 1. The van der Waals surface area contributed by atoms with Crippen molar-refractivity contribution in [3.05, 3.63) is 53.6 Å². The van der Waals surface area contributed by atoms with Gasteiger partial charge in [-0.25, -0.2) is 9.37 Å².